The molecule has 0 N–H and O–H groups in total. The van der Waals surface area contributed by atoms with Gasteiger partial charge in [-0.3, -0.25) is 19.2 Å². The number of carbonyl (C=O) groups excluding carboxylic acids is 4. The molecule has 0 saturated carbocycles. The molecule has 2 aliphatic carbocycles. The summed E-state index contributed by atoms with van der Waals surface area (Å²) in [6, 6.07) is 8.79. The normalized spacial score (nSPS) is 19.0. The highest BCUT2D eigenvalue weighted by molar-refractivity contribution is 7.16. The second-order valence-electron chi connectivity index (χ2n) is 14.5. The maximum absolute atomic E-state index is 13.4. The van der Waals surface area contributed by atoms with Gasteiger partial charge in [0.25, 0.3) is 0 Å². The summed E-state index contributed by atoms with van der Waals surface area (Å²) in [6.45, 7) is 7.17. The van der Waals surface area contributed by atoms with Crippen molar-refractivity contribution in [3.63, 3.8) is 0 Å². The number of ether oxygens (including phenoxy) is 2. The van der Waals surface area contributed by atoms with E-state index in [9.17, 15) is 45.5 Å². The molecule has 0 unspecified atom stereocenters. The Morgan fingerprint density at radius 3 is 1.27 bits per heavy atom. The van der Waals surface area contributed by atoms with Gasteiger partial charge in [0.15, 0.2) is 0 Å². The predicted molar refractivity (Wildman–Crippen MR) is 193 cm³/mol. The molecule has 0 amide bonds. The van der Waals surface area contributed by atoms with Crippen molar-refractivity contribution in [2.75, 3.05) is 0 Å². The zero-order chi connectivity index (χ0) is 40.0. The summed E-state index contributed by atoms with van der Waals surface area (Å²) in [7, 11) is 0. The zero-order valence-corrected chi connectivity index (χ0v) is 30.8. The van der Waals surface area contributed by atoms with Gasteiger partial charge in [-0.25, -0.2) is 9.97 Å². The van der Waals surface area contributed by atoms with Crippen LogP contribution in [0, 0.1) is 0 Å². The largest absolute Gasteiger partial charge is 0.481 e. The molecule has 0 fully saturated rings. The van der Waals surface area contributed by atoms with Gasteiger partial charge in [-0.15, -0.1) is 22.7 Å². The minimum atomic E-state index is -4.70. The van der Waals surface area contributed by atoms with Gasteiger partial charge in [0.1, 0.15) is 44.1 Å². The molecule has 56 heavy (non-hydrogen) atoms. The van der Waals surface area contributed by atoms with E-state index in [4.69, 9.17) is 19.4 Å². The van der Waals surface area contributed by atoms with Crippen molar-refractivity contribution < 1.29 is 55.0 Å². The molecule has 282 valence electrons. The van der Waals surface area contributed by atoms with Crippen LogP contribution in [0.25, 0.3) is 44.2 Å². The topological polar surface area (TPSA) is 113 Å². The predicted octanol–water partition coefficient (Wildman–Crippen LogP) is 9.84. The van der Waals surface area contributed by atoms with Crippen LogP contribution in [-0.2, 0) is 33.1 Å². The van der Waals surface area contributed by atoms with E-state index in [-0.39, 0.29) is 33.4 Å². The summed E-state index contributed by atoms with van der Waals surface area (Å²) in [5.74, 6) is -3.04. The standard InChI is InChI=1S/C40H22F6N2O6S2/c1-37(2)35-33(55-27(47-35)13-21-17-7-5-15(39(41,42)43)9-19(17)29(49)31(21)51)23-12-26-24(11-25(23)53-37)34-36(38(3,4)54-26)48-28(56-34)14-22-18-8-6-16(40(44,45)46)10-20(18)30(50)32(22)52/h5-14H,1-4H3/b21-13-,22-14-. The molecule has 3 aromatic carbocycles. The summed E-state index contributed by atoms with van der Waals surface area (Å²) in [5.41, 5.74) is -2.45. The lowest BCUT2D eigenvalue weighted by Gasteiger charge is -2.35. The van der Waals surface area contributed by atoms with E-state index in [1.165, 1.54) is 34.8 Å². The third kappa shape index (κ3) is 5.33. The number of nitrogens with zero attached hydrogens (tertiary/aromatic N) is 2. The molecule has 16 heteroatoms. The Hall–Kier alpha value is -5.74. The van der Waals surface area contributed by atoms with E-state index in [0.717, 1.165) is 24.3 Å². The zero-order valence-electron chi connectivity index (χ0n) is 29.2. The van der Waals surface area contributed by atoms with Gasteiger partial charge in [-0.05, 0) is 87.4 Å². The summed E-state index contributed by atoms with van der Waals surface area (Å²) in [4.78, 5) is 62.3. The summed E-state index contributed by atoms with van der Waals surface area (Å²) in [6.07, 6.45) is -6.60. The number of aromatic nitrogens is 2. The van der Waals surface area contributed by atoms with Gasteiger partial charge < -0.3 is 9.47 Å². The van der Waals surface area contributed by atoms with Crippen LogP contribution in [0.3, 0.4) is 0 Å². The van der Waals surface area contributed by atoms with Crippen molar-refractivity contribution in [2.45, 2.75) is 51.2 Å². The number of fused-ring (bicyclic) bond motifs is 8. The fourth-order valence-electron chi connectivity index (χ4n) is 7.26. The highest BCUT2D eigenvalue weighted by Gasteiger charge is 2.43. The van der Waals surface area contributed by atoms with Gasteiger partial charge in [0.2, 0.25) is 23.1 Å². The first kappa shape index (κ1) is 35.9. The Kier molecular flexibility index (Phi) is 7.32. The summed E-state index contributed by atoms with van der Waals surface area (Å²) >= 11 is 2.40. The maximum Gasteiger partial charge on any atom is 0.416 e. The number of ketones is 4. The molecular weight excluding hydrogens is 783 g/mol. The molecule has 0 saturated heterocycles. The van der Waals surface area contributed by atoms with Crippen LogP contribution >= 0.6 is 22.7 Å². The highest BCUT2D eigenvalue weighted by atomic mass is 32.1. The second-order valence-corrected chi connectivity index (χ2v) is 16.5. The molecule has 0 radical (unpaired) electrons. The number of carbonyl (C=O) groups is 4. The van der Waals surface area contributed by atoms with Crippen LogP contribution in [0.2, 0.25) is 0 Å². The average molecular weight is 805 g/mol. The Balaban J connectivity index is 1.11. The van der Waals surface area contributed by atoms with E-state index >= 15 is 0 Å². The molecule has 5 aromatic rings. The first-order valence-electron chi connectivity index (χ1n) is 16.8. The van der Waals surface area contributed by atoms with Gasteiger partial charge >= 0.3 is 12.4 Å². The van der Waals surface area contributed by atoms with Crippen LogP contribution in [-0.4, -0.2) is 33.1 Å². The quantitative estimate of drug-likeness (QED) is 0.0985. The van der Waals surface area contributed by atoms with Gasteiger partial charge in [-0.1, -0.05) is 12.1 Å². The van der Waals surface area contributed by atoms with Crippen LogP contribution in [0.15, 0.2) is 48.5 Å². The van der Waals surface area contributed by atoms with E-state index in [1.54, 1.807) is 39.8 Å². The number of rotatable bonds is 2. The number of hydrogen-bond acceptors (Lipinski definition) is 10. The van der Waals surface area contributed by atoms with Crippen molar-refractivity contribution in [3.8, 4) is 32.4 Å². The summed E-state index contributed by atoms with van der Waals surface area (Å²) in [5, 5.41) is 0.641. The van der Waals surface area contributed by atoms with E-state index in [0.29, 0.717) is 65.9 Å². The molecule has 0 atom stereocenters. The number of halogens is 6. The Morgan fingerprint density at radius 2 is 0.911 bits per heavy atom. The van der Waals surface area contributed by atoms with Crippen molar-refractivity contribution in [1.82, 2.24) is 9.97 Å². The van der Waals surface area contributed by atoms with Crippen LogP contribution in [0.5, 0.6) is 11.5 Å². The van der Waals surface area contributed by atoms with E-state index in [2.05, 4.69) is 0 Å². The first-order chi connectivity index (χ1) is 26.1. The van der Waals surface area contributed by atoms with E-state index < -0.39 is 57.8 Å². The van der Waals surface area contributed by atoms with E-state index in [1.807, 2.05) is 0 Å². The number of Topliss-reactive ketones (excluding diaryl/α,β-unsaturated/α-hetero) is 4. The van der Waals surface area contributed by atoms with Crippen LogP contribution in [0.1, 0.15) is 92.1 Å². The molecular formula is C40H22F6N2O6S2. The molecule has 2 aromatic heterocycles. The third-order valence-electron chi connectivity index (χ3n) is 9.93. The molecule has 4 aliphatic rings. The monoisotopic (exact) mass is 804 g/mol. The van der Waals surface area contributed by atoms with Gasteiger partial charge in [0.05, 0.1) is 20.9 Å². The molecule has 9 rings (SSSR count). The minimum Gasteiger partial charge on any atom is -0.481 e. The molecule has 8 nitrogen and oxygen atoms in total. The second kappa shape index (κ2) is 11.4. The average Bonchev–Trinajstić information content (AvgIpc) is 3.86. The Bertz CT molecular complexity index is 2580. The lowest BCUT2D eigenvalue weighted by atomic mass is 9.92. The number of allylic oxidation sites excluding steroid dienone is 2. The van der Waals surface area contributed by atoms with Crippen molar-refractivity contribution >= 4 is 69.1 Å². The smallest absolute Gasteiger partial charge is 0.416 e. The van der Waals surface area contributed by atoms with Crippen LogP contribution in [0.4, 0.5) is 26.3 Å². The Morgan fingerprint density at radius 1 is 0.536 bits per heavy atom. The van der Waals surface area contributed by atoms with Gasteiger partial charge in [-0.2, -0.15) is 26.3 Å². The highest BCUT2D eigenvalue weighted by Crippen LogP contribution is 2.56. The number of benzene rings is 3. The fourth-order valence-corrected chi connectivity index (χ4v) is 9.62. The lowest BCUT2D eigenvalue weighted by Crippen LogP contribution is -2.31. The SMILES string of the molecule is CC1(C)Oc2cc3c(cc2-c2sc(/C=C4\C(=O)C(=O)c5cc(C(F)(F)F)ccc54)nc21)OC(C)(C)c1nc(/C=C2\C(=O)C(=O)c4cc(C(F)(F)F)ccc42)sc1-3. The molecule has 0 spiro atoms. The molecule has 2 aliphatic heterocycles. The minimum absolute atomic E-state index is 0.0685. The van der Waals surface area contributed by atoms with Gasteiger partial charge in [0, 0.05) is 33.4 Å². The van der Waals surface area contributed by atoms with Crippen molar-refractivity contribution in [3.05, 3.63) is 103 Å². The Labute approximate surface area is 320 Å². The summed E-state index contributed by atoms with van der Waals surface area (Å²) < 4.78 is 93.1. The number of thiazole rings is 2. The lowest BCUT2D eigenvalue weighted by molar-refractivity contribution is -0.138. The number of alkyl halides is 6. The third-order valence-corrected chi connectivity index (χ3v) is 12.0. The molecule has 4 heterocycles. The maximum atomic E-state index is 13.4. The fraction of sp³-hybridized carbons (Fsp3) is 0.200. The van der Waals surface area contributed by atoms with Crippen LogP contribution < -0.4 is 9.47 Å². The first-order valence-corrected chi connectivity index (χ1v) is 18.4. The van der Waals surface area contributed by atoms with Crippen molar-refractivity contribution in [1.29, 1.82) is 0 Å². The van der Waals surface area contributed by atoms with Crippen molar-refractivity contribution in [2.24, 2.45) is 0 Å². The number of hydrogen-bond donors (Lipinski definition) is 0. The molecule has 0 bridgehead atoms.